The smallest absolute Gasteiger partial charge is 0.237 e. The second kappa shape index (κ2) is 5.84. The van der Waals surface area contributed by atoms with Crippen LogP contribution < -0.4 is 5.32 Å². The molecule has 1 aromatic rings. The van der Waals surface area contributed by atoms with Crippen molar-refractivity contribution in [3.63, 3.8) is 0 Å². The zero-order valence-electron chi connectivity index (χ0n) is 14.2. The largest absolute Gasteiger partial charge is 0.325 e. The summed E-state index contributed by atoms with van der Waals surface area (Å²) in [6.45, 7) is 4.15. The Labute approximate surface area is 143 Å². The van der Waals surface area contributed by atoms with E-state index in [2.05, 4.69) is 25.2 Å². The molecule has 4 bridgehead atoms. The first-order valence-electron chi connectivity index (χ1n) is 9.07. The first-order valence-corrected chi connectivity index (χ1v) is 9.95. The van der Waals surface area contributed by atoms with E-state index in [9.17, 15) is 4.79 Å². The lowest BCUT2D eigenvalue weighted by molar-refractivity contribution is -0.115. The minimum atomic E-state index is 0.0340. The number of carbonyl (C=O) groups is 1. The van der Waals surface area contributed by atoms with Gasteiger partial charge in [-0.2, -0.15) is 0 Å². The van der Waals surface area contributed by atoms with Crippen molar-refractivity contribution in [2.75, 3.05) is 5.32 Å². The first kappa shape index (κ1) is 15.6. The van der Waals surface area contributed by atoms with Crippen LogP contribution in [0.1, 0.15) is 51.0 Å². The number of rotatable bonds is 4. The number of hydrogen-bond donors (Lipinski definition) is 1. The fourth-order valence-electron chi connectivity index (χ4n) is 5.57. The Balaban J connectivity index is 1.41. The quantitative estimate of drug-likeness (QED) is 0.840. The molecule has 0 aromatic heterocycles. The maximum Gasteiger partial charge on any atom is 0.237 e. The third-order valence-electron chi connectivity index (χ3n) is 6.06. The van der Waals surface area contributed by atoms with Gasteiger partial charge in [0.2, 0.25) is 5.91 Å². The SMILES string of the molecule is Cc1cccc(NC(=O)[C@@H](C)SC23CC4CC(CC(C4)C2)C3)c1. The van der Waals surface area contributed by atoms with E-state index in [0.717, 1.165) is 23.4 Å². The highest BCUT2D eigenvalue weighted by Gasteiger charge is 2.52. The molecule has 3 heteroatoms. The predicted molar refractivity (Wildman–Crippen MR) is 97.8 cm³/mol. The normalized spacial score (nSPS) is 36.0. The van der Waals surface area contributed by atoms with Crippen LogP contribution >= 0.6 is 11.8 Å². The number of hydrogen-bond acceptors (Lipinski definition) is 2. The molecule has 0 aliphatic heterocycles. The van der Waals surface area contributed by atoms with Gasteiger partial charge in [0.05, 0.1) is 5.25 Å². The molecule has 0 saturated heterocycles. The van der Waals surface area contributed by atoms with Gasteiger partial charge in [-0.05, 0) is 87.8 Å². The second-order valence-electron chi connectivity index (χ2n) is 8.22. The highest BCUT2D eigenvalue weighted by atomic mass is 32.2. The van der Waals surface area contributed by atoms with Crippen molar-refractivity contribution < 1.29 is 4.79 Å². The van der Waals surface area contributed by atoms with Crippen molar-refractivity contribution in [2.24, 2.45) is 17.8 Å². The van der Waals surface area contributed by atoms with E-state index in [1.165, 1.54) is 44.1 Å². The summed E-state index contributed by atoms with van der Waals surface area (Å²) < 4.78 is 0.401. The molecule has 0 unspecified atom stereocenters. The second-order valence-corrected chi connectivity index (χ2v) is 10.0. The fourth-order valence-corrected chi connectivity index (χ4v) is 7.48. The summed E-state index contributed by atoms with van der Waals surface area (Å²) in [7, 11) is 0. The fraction of sp³-hybridized carbons (Fsp3) is 0.650. The molecule has 0 heterocycles. The van der Waals surface area contributed by atoms with Crippen molar-refractivity contribution in [2.45, 2.75) is 62.4 Å². The van der Waals surface area contributed by atoms with Crippen LogP contribution in [0.3, 0.4) is 0 Å². The Morgan fingerprint density at radius 1 is 1.17 bits per heavy atom. The molecule has 124 valence electrons. The van der Waals surface area contributed by atoms with Crippen LogP contribution in [0.15, 0.2) is 24.3 Å². The molecule has 0 radical (unpaired) electrons. The first-order chi connectivity index (χ1) is 11.0. The molecule has 4 fully saturated rings. The van der Waals surface area contributed by atoms with Crippen LogP contribution in [0, 0.1) is 24.7 Å². The van der Waals surface area contributed by atoms with Gasteiger partial charge in [0.15, 0.2) is 0 Å². The van der Waals surface area contributed by atoms with Crippen LogP contribution in [-0.2, 0) is 4.79 Å². The van der Waals surface area contributed by atoms with Gasteiger partial charge in [0.1, 0.15) is 0 Å². The highest BCUT2D eigenvalue weighted by molar-refractivity contribution is 8.01. The molecular formula is C20H27NOS. The van der Waals surface area contributed by atoms with Crippen LogP contribution in [0.5, 0.6) is 0 Å². The molecule has 4 aliphatic carbocycles. The number of benzene rings is 1. The van der Waals surface area contributed by atoms with Gasteiger partial charge in [0, 0.05) is 10.4 Å². The predicted octanol–water partition coefficient (Wildman–Crippen LogP) is 5.02. The summed E-state index contributed by atoms with van der Waals surface area (Å²) in [5, 5.41) is 3.14. The molecule has 23 heavy (non-hydrogen) atoms. The van der Waals surface area contributed by atoms with Gasteiger partial charge in [-0.15, -0.1) is 11.8 Å². The molecular weight excluding hydrogens is 302 g/mol. The average Bonchev–Trinajstić information content (AvgIpc) is 2.45. The zero-order valence-corrected chi connectivity index (χ0v) is 15.0. The number of carbonyl (C=O) groups excluding carboxylic acids is 1. The zero-order chi connectivity index (χ0) is 16.0. The van der Waals surface area contributed by atoms with Gasteiger partial charge in [-0.1, -0.05) is 12.1 Å². The van der Waals surface area contributed by atoms with E-state index in [4.69, 9.17) is 0 Å². The number of anilines is 1. The third-order valence-corrected chi connectivity index (χ3v) is 7.63. The van der Waals surface area contributed by atoms with E-state index in [0.29, 0.717) is 4.75 Å². The molecule has 1 amide bonds. The summed E-state index contributed by atoms with van der Waals surface area (Å²) in [5.41, 5.74) is 2.11. The molecule has 4 saturated carbocycles. The van der Waals surface area contributed by atoms with E-state index < -0.39 is 0 Å². The van der Waals surface area contributed by atoms with E-state index in [1.54, 1.807) is 0 Å². The average molecular weight is 330 g/mol. The van der Waals surface area contributed by atoms with Gasteiger partial charge in [0.25, 0.3) is 0 Å². The highest BCUT2D eigenvalue weighted by Crippen LogP contribution is 2.61. The Morgan fingerprint density at radius 3 is 2.35 bits per heavy atom. The molecule has 5 rings (SSSR count). The molecule has 0 spiro atoms. The monoisotopic (exact) mass is 329 g/mol. The van der Waals surface area contributed by atoms with Gasteiger partial charge in [-0.3, -0.25) is 4.79 Å². The number of amides is 1. The summed E-state index contributed by atoms with van der Waals surface area (Å²) in [6.07, 6.45) is 8.44. The van der Waals surface area contributed by atoms with Crippen LogP contribution in [0.25, 0.3) is 0 Å². The topological polar surface area (TPSA) is 29.1 Å². The van der Waals surface area contributed by atoms with E-state index in [-0.39, 0.29) is 11.2 Å². The minimum absolute atomic E-state index is 0.0340. The third kappa shape index (κ3) is 3.17. The number of thioether (sulfide) groups is 1. The Hall–Kier alpha value is -0.960. The Morgan fingerprint density at radius 2 is 1.78 bits per heavy atom. The molecule has 1 aromatic carbocycles. The molecule has 1 atom stereocenters. The van der Waals surface area contributed by atoms with Gasteiger partial charge < -0.3 is 5.32 Å². The summed E-state index contributed by atoms with van der Waals surface area (Å²) in [6, 6.07) is 8.08. The van der Waals surface area contributed by atoms with Crippen molar-refractivity contribution in [1.29, 1.82) is 0 Å². The lowest BCUT2D eigenvalue weighted by Crippen LogP contribution is -2.49. The molecule has 4 aliphatic rings. The lowest BCUT2D eigenvalue weighted by atomic mass is 9.56. The van der Waals surface area contributed by atoms with Crippen molar-refractivity contribution in [3.05, 3.63) is 29.8 Å². The van der Waals surface area contributed by atoms with Crippen LogP contribution in [0.2, 0.25) is 0 Å². The van der Waals surface area contributed by atoms with Gasteiger partial charge in [-0.25, -0.2) is 0 Å². The Bertz CT molecular complexity index is 576. The standard InChI is InChI=1S/C20H27NOS/c1-13-4-3-5-18(6-13)21-19(22)14(2)23-20-10-15-7-16(11-20)9-17(8-15)12-20/h3-6,14-17H,7-12H2,1-2H3,(H,21,22)/t14-,15?,16?,17?,20?/m1/s1. The minimum Gasteiger partial charge on any atom is -0.325 e. The van der Waals surface area contributed by atoms with Crippen molar-refractivity contribution in [3.8, 4) is 0 Å². The summed E-state index contributed by atoms with van der Waals surface area (Å²) in [4.78, 5) is 12.6. The summed E-state index contributed by atoms with van der Waals surface area (Å²) in [5.74, 6) is 3.00. The Kier molecular flexibility index (Phi) is 3.95. The lowest BCUT2D eigenvalue weighted by Gasteiger charge is -2.57. The van der Waals surface area contributed by atoms with Crippen LogP contribution in [0.4, 0.5) is 5.69 Å². The molecule has 1 N–H and O–H groups in total. The van der Waals surface area contributed by atoms with E-state index in [1.807, 2.05) is 30.0 Å². The molecule has 2 nitrogen and oxygen atoms in total. The summed E-state index contributed by atoms with van der Waals surface area (Å²) >= 11 is 1.98. The number of nitrogens with one attached hydrogen (secondary N) is 1. The maximum atomic E-state index is 12.6. The van der Waals surface area contributed by atoms with Crippen LogP contribution in [-0.4, -0.2) is 15.9 Å². The maximum absolute atomic E-state index is 12.6. The van der Waals surface area contributed by atoms with Crippen molar-refractivity contribution in [1.82, 2.24) is 0 Å². The van der Waals surface area contributed by atoms with Gasteiger partial charge >= 0.3 is 0 Å². The van der Waals surface area contributed by atoms with Crippen molar-refractivity contribution >= 4 is 23.4 Å². The van der Waals surface area contributed by atoms with E-state index >= 15 is 0 Å². The number of aryl methyl sites for hydroxylation is 1.